The predicted octanol–water partition coefficient (Wildman–Crippen LogP) is 2.14. The van der Waals surface area contributed by atoms with Crippen LogP contribution in [0.4, 0.5) is 0 Å². The zero-order valence-corrected chi connectivity index (χ0v) is 12.5. The van der Waals surface area contributed by atoms with E-state index in [4.69, 9.17) is 0 Å². The fourth-order valence-electron chi connectivity index (χ4n) is 1.75. The molecule has 4 nitrogen and oxygen atoms in total. The van der Waals surface area contributed by atoms with Crippen molar-refractivity contribution in [2.45, 2.75) is 24.1 Å². The molecule has 2 rings (SSSR count). The number of sulfone groups is 1. The number of nitrogens with one attached hydrogen (secondary N) is 1. The summed E-state index contributed by atoms with van der Waals surface area (Å²) in [5.41, 5.74) is 0.901. The quantitative estimate of drug-likeness (QED) is 0.918. The Morgan fingerprint density at radius 3 is 2.58 bits per heavy atom. The van der Waals surface area contributed by atoms with Crippen LogP contribution in [0.3, 0.4) is 0 Å². The van der Waals surface area contributed by atoms with E-state index in [-0.39, 0.29) is 5.75 Å². The van der Waals surface area contributed by atoms with Crippen molar-refractivity contribution in [3.63, 3.8) is 0 Å². The van der Waals surface area contributed by atoms with Gasteiger partial charge in [0.1, 0.15) is 10.8 Å². The van der Waals surface area contributed by atoms with Gasteiger partial charge in [-0.1, -0.05) is 18.2 Å². The van der Waals surface area contributed by atoms with Crippen LogP contribution in [-0.4, -0.2) is 20.4 Å². The molecule has 0 saturated carbocycles. The van der Waals surface area contributed by atoms with E-state index < -0.39 is 9.84 Å². The Kier molecular flexibility index (Phi) is 4.34. The first-order chi connectivity index (χ1) is 9.03. The fraction of sp³-hybridized carbons (Fsp3) is 0.308. The van der Waals surface area contributed by atoms with Crippen LogP contribution >= 0.6 is 11.3 Å². The fourth-order valence-corrected chi connectivity index (χ4v) is 4.45. The second-order valence-corrected chi connectivity index (χ2v) is 7.38. The molecule has 0 bridgehead atoms. The molecule has 1 aromatic heterocycles. The summed E-state index contributed by atoms with van der Waals surface area (Å²) in [7, 11) is -1.44. The van der Waals surface area contributed by atoms with Gasteiger partial charge in [0.15, 0.2) is 9.84 Å². The number of nitrogens with zero attached hydrogens (tertiary/aromatic N) is 1. The Hall–Kier alpha value is -1.24. The van der Waals surface area contributed by atoms with E-state index in [0.29, 0.717) is 9.90 Å². The number of aromatic nitrogens is 1. The molecule has 102 valence electrons. The van der Waals surface area contributed by atoms with Gasteiger partial charge in [-0.2, -0.15) is 0 Å². The van der Waals surface area contributed by atoms with Crippen molar-refractivity contribution in [1.29, 1.82) is 0 Å². The summed E-state index contributed by atoms with van der Waals surface area (Å²) in [6, 6.07) is 8.49. The standard InChI is InChI=1S/C13H16N2O2S2/c1-10-12(8-14-2)18-13(15-10)9-19(16,17)11-6-4-3-5-7-11/h3-7,14H,8-9H2,1-2H3. The third kappa shape index (κ3) is 3.40. The highest BCUT2D eigenvalue weighted by Crippen LogP contribution is 2.22. The van der Waals surface area contributed by atoms with Crippen molar-refractivity contribution in [1.82, 2.24) is 10.3 Å². The van der Waals surface area contributed by atoms with Crippen molar-refractivity contribution >= 4 is 21.2 Å². The van der Waals surface area contributed by atoms with Gasteiger partial charge >= 0.3 is 0 Å². The maximum absolute atomic E-state index is 12.2. The minimum absolute atomic E-state index is 0.0355. The monoisotopic (exact) mass is 296 g/mol. The van der Waals surface area contributed by atoms with Crippen molar-refractivity contribution in [2.24, 2.45) is 0 Å². The first-order valence-electron chi connectivity index (χ1n) is 5.90. The normalized spacial score (nSPS) is 11.7. The molecule has 6 heteroatoms. The highest BCUT2D eigenvalue weighted by Gasteiger charge is 2.18. The van der Waals surface area contributed by atoms with Crippen molar-refractivity contribution in [3.05, 3.63) is 45.9 Å². The number of hydrogen-bond acceptors (Lipinski definition) is 5. The molecule has 2 aromatic rings. The number of aryl methyl sites for hydroxylation is 1. The lowest BCUT2D eigenvalue weighted by Crippen LogP contribution is -2.04. The first kappa shape index (κ1) is 14.2. The van der Waals surface area contributed by atoms with E-state index in [1.54, 1.807) is 30.3 Å². The molecule has 0 spiro atoms. The summed E-state index contributed by atoms with van der Waals surface area (Å²) in [5, 5.41) is 3.70. The van der Waals surface area contributed by atoms with E-state index in [1.807, 2.05) is 14.0 Å². The lowest BCUT2D eigenvalue weighted by molar-refractivity contribution is 0.595. The smallest absolute Gasteiger partial charge is 0.184 e. The lowest BCUT2D eigenvalue weighted by atomic mass is 10.4. The molecule has 19 heavy (non-hydrogen) atoms. The summed E-state index contributed by atoms with van der Waals surface area (Å²) in [5.74, 6) is -0.0355. The van der Waals surface area contributed by atoms with Gasteiger partial charge in [0.2, 0.25) is 0 Å². The maximum Gasteiger partial charge on any atom is 0.184 e. The number of thiazole rings is 1. The Morgan fingerprint density at radius 2 is 1.95 bits per heavy atom. The topological polar surface area (TPSA) is 59.1 Å². The summed E-state index contributed by atoms with van der Waals surface area (Å²) in [6.07, 6.45) is 0. The average Bonchev–Trinajstić information content (AvgIpc) is 2.70. The first-order valence-corrected chi connectivity index (χ1v) is 8.37. The Labute approximate surface area is 117 Å². The molecule has 0 unspecified atom stereocenters. The predicted molar refractivity (Wildman–Crippen MR) is 76.9 cm³/mol. The molecular weight excluding hydrogens is 280 g/mol. The van der Waals surface area contributed by atoms with Crippen molar-refractivity contribution < 1.29 is 8.42 Å². The maximum atomic E-state index is 12.2. The second-order valence-electron chi connectivity index (χ2n) is 4.22. The van der Waals surface area contributed by atoms with Crippen molar-refractivity contribution in [3.8, 4) is 0 Å². The molecule has 1 N–H and O–H groups in total. The minimum atomic E-state index is -3.30. The molecular formula is C13H16N2O2S2. The van der Waals surface area contributed by atoms with Gasteiger partial charge in [-0.3, -0.25) is 0 Å². The van der Waals surface area contributed by atoms with E-state index in [1.165, 1.54) is 11.3 Å². The SMILES string of the molecule is CNCc1sc(CS(=O)(=O)c2ccccc2)nc1C. The summed E-state index contributed by atoms with van der Waals surface area (Å²) in [6.45, 7) is 2.62. The van der Waals surface area contributed by atoms with Crippen LogP contribution < -0.4 is 5.32 Å². The highest BCUT2D eigenvalue weighted by atomic mass is 32.2. The van der Waals surface area contributed by atoms with Crippen LogP contribution in [0.1, 0.15) is 15.6 Å². The Balaban J connectivity index is 2.24. The third-order valence-corrected chi connectivity index (χ3v) is 5.67. The van der Waals surface area contributed by atoms with E-state index >= 15 is 0 Å². The van der Waals surface area contributed by atoms with Crippen LogP contribution in [0.5, 0.6) is 0 Å². The number of rotatable bonds is 5. The summed E-state index contributed by atoms with van der Waals surface area (Å²) >= 11 is 1.45. The highest BCUT2D eigenvalue weighted by molar-refractivity contribution is 7.90. The molecule has 0 saturated heterocycles. The van der Waals surface area contributed by atoms with Crippen molar-refractivity contribution in [2.75, 3.05) is 7.05 Å². The zero-order chi connectivity index (χ0) is 13.9. The number of hydrogen-bond donors (Lipinski definition) is 1. The van der Waals surface area contributed by atoms with Gasteiger partial charge in [-0.25, -0.2) is 13.4 Å². The van der Waals surface area contributed by atoms with Gasteiger partial charge in [0, 0.05) is 11.4 Å². The Bertz CT molecular complexity index is 649. The van der Waals surface area contributed by atoms with Gasteiger partial charge < -0.3 is 5.32 Å². The molecule has 0 atom stereocenters. The van der Waals surface area contributed by atoms with Gasteiger partial charge in [-0.05, 0) is 26.1 Å². The number of benzene rings is 1. The summed E-state index contributed by atoms with van der Waals surface area (Å²) < 4.78 is 24.5. The zero-order valence-electron chi connectivity index (χ0n) is 10.9. The van der Waals surface area contributed by atoms with Crippen LogP contribution in [0, 0.1) is 6.92 Å². The average molecular weight is 296 g/mol. The largest absolute Gasteiger partial charge is 0.315 e. The van der Waals surface area contributed by atoms with Gasteiger partial charge in [-0.15, -0.1) is 11.3 Å². The van der Waals surface area contributed by atoms with Crippen LogP contribution in [0.2, 0.25) is 0 Å². The van der Waals surface area contributed by atoms with Crippen LogP contribution in [0.25, 0.3) is 0 Å². The summed E-state index contributed by atoms with van der Waals surface area (Å²) in [4.78, 5) is 5.77. The molecule has 1 heterocycles. The Morgan fingerprint density at radius 1 is 1.26 bits per heavy atom. The lowest BCUT2D eigenvalue weighted by Gasteiger charge is -2.01. The minimum Gasteiger partial charge on any atom is -0.315 e. The third-order valence-electron chi connectivity index (χ3n) is 2.69. The van der Waals surface area contributed by atoms with Gasteiger partial charge in [0.05, 0.1) is 10.6 Å². The molecule has 0 radical (unpaired) electrons. The molecule has 0 aliphatic carbocycles. The van der Waals surface area contributed by atoms with Crippen LogP contribution in [0.15, 0.2) is 35.2 Å². The molecule has 0 amide bonds. The van der Waals surface area contributed by atoms with E-state index in [0.717, 1.165) is 17.1 Å². The second kappa shape index (κ2) is 5.81. The van der Waals surface area contributed by atoms with E-state index in [9.17, 15) is 8.42 Å². The molecule has 0 fully saturated rings. The molecule has 0 aliphatic rings. The van der Waals surface area contributed by atoms with E-state index in [2.05, 4.69) is 10.3 Å². The molecule has 0 aliphatic heterocycles. The molecule has 1 aromatic carbocycles. The van der Waals surface area contributed by atoms with Crippen LogP contribution in [-0.2, 0) is 22.1 Å². The van der Waals surface area contributed by atoms with Gasteiger partial charge in [0.25, 0.3) is 0 Å².